The molecule has 1 aromatic heterocycles. The average Bonchev–Trinajstić information content (AvgIpc) is 3.63. The molecule has 3 atom stereocenters. The van der Waals surface area contributed by atoms with Crippen LogP contribution in [0.4, 0.5) is 23.2 Å². The van der Waals surface area contributed by atoms with Crippen LogP contribution in [0.3, 0.4) is 0 Å². The molecular weight excluding hydrogens is 500 g/mol. The van der Waals surface area contributed by atoms with Gasteiger partial charge >= 0.3 is 5.97 Å². The SMILES string of the molecule is O=C(O)c1ccc(NC(=O)C(CC2CC2CF)c2ccc(-c3c(C(F)F)ccc(Cl)c3F)cn2)cc1. The fourth-order valence-electron chi connectivity index (χ4n) is 4.18. The molecule has 3 unspecified atom stereocenters. The normalized spacial score (nSPS) is 17.6. The molecule has 0 aliphatic heterocycles. The Kier molecular flexibility index (Phi) is 7.59. The number of alkyl halides is 3. The van der Waals surface area contributed by atoms with Crippen LogP contribution in [0.25, 0.3) is 11.1 Å². The van der Waals surface area contributed by atoms with Crippen LogP contribution in [0, 0.1) is 17.7 Å². The first-order chi connectivity index (χ1) is 17.2. The first-order valence-corrected chi connectivity index (χ1v) is 11.5. The second-order valence-electron chi connectivity index (χ2n) is 8.67. The predicted octanol–water partition coefficient (Wildman–Crippen LogP) is 6.89. The van der Waals surface area contributed by atoms with E-state index in [-0.39, 0.29) is 33.5 Å². The smallest absolute Gasteiger partial charge is 0.335 e. The van der Waals surface area contributed by atoms with Crippen molar-refractivity contribution >= 4 is 29.2 Å². The van der Waals surface area contributed by atoms with Gasteiger partial charge in [-0.15, -0.1) is 0 Å². The maximum Gasteiger partial charge on any atom is 0.335 e. The van der Waals surface area contributed by atoms with Crippen LogP contribution in [-0.4, -0.2) is 28.6 Å². The van der Waals surface area contributed by atoms with Gasteiger partial charge in [-0.2, -0.15) is 0 Å². The number of pyridine rings is 1. The summed E-state index contributed by atoms with van der Waals surface area (Å²) in [5.41, 5.74) is -0.0893. The van der Waals surface area contributed by atoms with Gasteiger partial charge in [0, 0.05) is 28.6 Å². The lowest BCUT2D eigenvalue weighted by molar-refractivity contribution is -0.117. The van der Waals surface area contributed by atoms with Gasteiger partial charge in [0.05, 0.1) is 28.9 Å². The van der Waals surface area contributed by atoms with Crippen molar-refractivity contribution in [1.82, 2.24) is 4.98 Å². The first-order valence-electron chi connectivity index (χ1n) is 11.1. The molecule has 10 heteroatoms. The minimum Gasteiger partial charge on any atom is -0.478 e. The number of carboxylic acids is 1. The van der Waals surface area contributed by atoms with E-state index in [1.54, 1.807) is 0 Å². The molecule has 36 heavy (non-hydrogen) atoms. The van der Waals surface area contributed by atoms with Crippen LogP contribution in [0.15, 0.2) is 54.7 Å². The number of aromatic carboxylic acids is 1. The monoisotopic (exact) mass is 520 g/mol. The van der Waals surface area contributed by atoms with Gasteiger partial charge in [0.15, 0.2) is 0 Å². The third-order valence-corrected chi connectivity index (χ3v) is 6.61. The second-order valence-corrected chi connectivity index (χ2v) is 9.08. The quantitative estimate of drug-likeness (QED) is 0.301. The van der Waals surface area contributed by atoms with Gasteiger partial charge in [-0.25, -0.2) is 18.0 Å². The summed E-state index contributed by atoms with van der Waals surface area (Å²) in [7, 11) is 0. The lowest BCUT2D eigenvalue weighted by atomic mass is 9.94. The lowest BCUT2D eigenvalue weighted by Crippen LogP contribution is -2.23. The number of nitrogens with one attached hydrogen (secondary N) is 1. The topological polar surface area (TPSA) is 79.3 Å². The maximum absolute atomic E-state index is 14.6. The summed E-state index contributed by atoms with van der Waals surface area (Å²) in [5, 5.41) is 11.4. The van der Waals surface area contributed by atoms with E-state index in [0.717, 1.165) is 12.1 Å². The van der Waals surface area contributed by atoms with Gasteiger partial charge in [0.2, 0.25) is 5.91 Å². The maximum atomic E-state index is 14.6. The molecule has 188 valence electrons. The molecule has 5 nitrogen and oxygen atoms in total. The number of nitrogens with zero attached hydrogens (tertiary/aromatic N) is 1. The Morgan fingerprint density at radius 2 is 1.81 bits per heavy atom. The van der Waals surface area contributed by atoms with E-state index >= 15 is 0 Å². The van der Waals surface area contributed by atoms with Gasteiger partial charge in [-0.1, -0.05) is 23.7 Å². The highest BCUT2D eigenvalue weighted by Gasteiger charge is 2.40. The van der Waals surface area contributed by atoms with Gasteiger partial charge in [0.25, 0.3) is 6.43 Å². The molecular formula is C26H21ClF4N2O3. The van der Waals surface area contributed by atoms with Gasteiger partial charge in [0.1, 0.15) is 5.82 Å². The van der Waals surface area contributed by atoms with Crippen molar-refractivity contribution in [3.05, 3.63) is 82.4 Å². The Bertz CT molecular complexity index is 1270. The first kappa shape index (κ1) is 25.6. The lowest BCUT2D eigenvalue weighted by Gasteiger charge is -2.18. The zero-order chi connectivity index (χ0) is 26.0. The summed E-state index contributed by atoms with van der Waals surface area (Å²) < 4.78 is 54.7. The molecule has 1 saturated carbocycles. The molecule has 1 fully saturated rings. The van der Waals surface area contributed by atoms with E-state index in [1.165, 1.54) is 42.6 Å². The molecule has 1 aliphatic rings. The van der Waals surface area contributed by atoms with Crippen LogP contribution in [0.2, 0.25) is 5.02 Å². The van der Waals surface area contributed by atoms with Crippen LogP contribution >= 0.6 is 11.6 Å². The summed E-state index contributed by atoms with van der Waals surface area (Å²) in [6, 6.07) is 10.5. The molecule has 1 amide bonds. The number of halogens is 5. The number of carboxylic acid groups (broad SMARTS) is 1. The summed E-state index contributed by atoms with van der Waals surface area (Å²) >= 11 is 5.80. The predicted molar refractivity (Wildman–Crippen MR) is 127 cm³/mol. The Morgan fingerprint density at radius 3 is 2.36 bits per heavy atom. The van der Waals surface area contributed by atoms with Crippen molar-refractivity contribution in [2.45, 2.75) is 25.2 Å². The molecule has 1 heterocycles. The van der Waals surface area contributed by atoms with E-state index < -0.39 is 42.3 Å². The standard InChI is InChI=1S/C26H21ClF4N2O3/c27-20-7-6-18(24(30)31)22(23(20)29)14-3-8-21(32-12-14)19(10-15-9-16(15)11-28)25(34)33-17-4-1-13(2-5-17)26(35)36/h1-8,12,15-16,19,24H,9-11H2,(H,33,34)(H,35,36). The molecule has 2 N–H and O–H groups in total. The molecule has 0 radical (unpaired) electrons. The average molecular weight is 521 g/mol. The van der Waals surface area contributed by atoms with Gasteiger partial charge in [-0.05, 0) is 61.1 Å². The highest BCUT2D eigenvalue weighted by Crippen LogP contribution is 2.45. The van der Waals surface area contributed by atoms with Crippen molar-refractivity contribution in [2.75, 3.05) is 12.0 Å². The van der Waals surface area contributed by atoms with E-state index in [0.29, 0.717) is 24.2 Å². The highest BCUT2D eigenvalue weighted by atomic mass is 35.5. The minimum atomic E-state index is -2.94. The number of anilines is 1. The summed E-state index contributed by atoms with van der Waals surface area (Å²) in [5.74, 6) is -3.48. The van der Waals surface area contributed by atoms with Crippen molar-refractivity contribution in [2.24, 2.45) is 11.8 Å². The molecule has 3 aromatic rings. The van der Waals surface area contributed by atoms with E-state index in [9.17, 15) is 27.2 Å². The summed E-state index contributed by atoms with van der Waals surface area (Å²) in [6.45, 7) is -0.494. The zero-order valence-corrected chi connectivity index (χ0v) is 19.5. The van der Waals surface area contributed by atoms with Crippen molar-refractivity contribution in [3.63, 3.8) is 0 Å². The van der Waals surface area contributed by atoms with Crippen LogP contribution in [-0.2, 0) is 4.79 Å². The summed E-state index contributed by atoms with van der Waals surface area (Å²) in [4.78, 5) is 28.5. The third kappa shape index (κ3) is 5.51. The van der Waals surface area contributed by atoms with Crippen LogP contribution in [0.5, 0.6) is 0 Å². The number of carbonyl (C=O) groups excluding carboxylic acids is 1. The zero-order valence-electron chi connectivity index (χ0n) is 18.7. The molecule has 1 aliphatic carbocycles. The van der Waals surface area contributed by atoms with Crippen molar-refractivity contribution < 1.29 is 32.3 Å². The van der Waals surface area contributed by atoms with Crippen LogP contribution in [0.1, 0.15) is 46.8 Å². The number of hydrogen-bond acceptors (Lipinski definition) is 3. The number of aromatic nitrogens is 1. The van der Waals surface area contributed by atoms with Gasteiger partial charge in [-0.3, -0.25) is 14.2 Å². The number of hydrogen-bond donors (Lipinski definition) is 2. The van der Waals surface area contributed by atoms with Crippen molar-refractivity contribution in [1.29, 1.82) is 0 Å². The Morgan fingerprint density at radius 1 is 1.08 bits per heavy atom. The highest BCUT2D eigenvalue weighted by molar-refractivity contribution is 6.31. The van der Waals surface area contributed by atoms with Crippen molar-refractivity contribution in [3.8, 4) is 11.1 Å². The largest absolute Gasteiger partial charge is 0.478 e. The fourth-order valence-corrected chi connectivity index (χ4v) is 4.34. The molecule has 0 saturated heterocycles. The second kappa shape index (κ2) is 10.7. The van der Waals surface area contributed by atoms with E-state index in [2.05, 4.69) is 10.3 Å². The Labute approximate surface area is 209 Å². The van der Waals surface area contributed by atoms with E-state index in [1.807, 2.05) is 0 Å². The third-order valence-electron chi connectivity index (χ3n) is 6.32. The number of rotatable bonds is 9. The number of benzene rings is 2. The molecule has 0 bridgehead atoms. The van der Waals surface area contributed by atoms with Crippen LogP contribution < -0.4 is 5.32 Å². The minimum absolute atomic E-state index is 0.0163. The molecule has 0 spiro atoms. The fraction of sp³-hybridized carbons (Fsp3) is 0.269. The number of carbonyl (C=O) groups is 2. The molecule has 2 aromatic carbocycles. The number of amides is 1. The molecule has 4 rings (SSSR count). The Hall–Kier alpha value is -3.46. The van der Waals surface area contributed by atoms with E-state index in [4.69, 9.17) is 16.7 Å². The Balaban J connectivity index is 1.62. The van der Waals surface area contributed by atoms with Gasteiger partial charge < -0.3 is 10.4 Å². The summed E-state index contributed by atoms with van der Waals surface area (Å²) in [6.07, 6.45) is -0.785.